The van der Waals surface area contributed by atoms with Gasteiger partial charge in [0.25, 0.3) is 0 Å². The summed E-state index contributed by atoms with van der Waals surface area (Å²) in [5, 5.41) is 0. The van der Waals surface area contributed by atoms with Gasteiger partial charge >= 0.3 is 12.1 Å². The van der Waals surface area contributed by atoms with Gasteiger partial charge in [-0.2, -0.15) is 0 Å². The van der Waals surface area contributed by atoms with E-state index in [1.54, 1.807) is 43.5 Å². The lowest BCUT2D eigenvalue weighted by Gasteiger charge is -2.26. The molecule has 6 rings (SSSR count). The van der Waals surface area contributed by atoms with Crippen molar-refractivity contribution in [3.8, 4) is 23.0 Å². The first kappa shape index (κ1) is 35.2. The zero-order valence-corrected chi connectivity index (χ0v) is 29.5. The molecule has 0 aromatic heterocycles. The summed E-state index contributed by atoms with van der Waals surface area (Å²) in [7, 11) is 1.64. The van der Waals surface area contributed by atoms with E-state index < -0.39 is 6.16 Å². The van der Waals surface area contributed by atoms with Gasteiger partial charge in [-0.3, -0.25) is 4.79 Å². The van der Waals surface area contributed by atoms with Crippen LogP contribution in [0.1, 0.15) is 43.0 Å². The zero-order chi connectivity index (χ0) is 36.5. The smallest absolute Gasteiger partial charge is 0.497 e. The standard InChI is InChI=1S/C45H39NO6/c1-32(47)50-40-26-20-35(21-27-40)45(2,3)36-22-28-41(29-23-36)51-44(48)52-43-15-9-13-39(31-43)46(38-12-8-14-42(30-38)49-4)37-24-18-34(19-25-37)17-16-33-10-6-5-7-11-33/h5-31H,1-4H3. The minimum absolute atomic E-state index is 0.327. The van der Waals surface area contributed by atoms with Gasteiger partial charge in [0.1, 0.15) is 23.0 Å². The number of hydrogen-bond donors (Lipinski definition) is 0. The third kappa shape index (κ3) is 8.76. The van der Waals surface area contributed by atoms with E-state index in [1.807, 2.05) is 78.9 Å². The van der Waals surface area contributed by atoms with E-state index in [0.29, 0.717) is 23.0 Å². The van der Waals surface area contributed by atoms with Crippen molar-refractivity contribution in [2.24, 2.45) is 0 Å². The summed E-state index contributed by atoms with van der Waals surface area (Å²) in [5.74, 6) is 1.53. The third-order valence-electron chi connectivity index (χ3n) is 8.62. The number of ether oxygens (including phenoxy) is 4. The van der Waals surface area contributed by atoms with Gasteiger partial charge < -0.3 is 23.8 Å². The molecule has 0 bridgehead atoms. The largest absolute Gasteiger partial charge is 0.519 e. The van der Waals surface area contributed by atoms with Crippen molar-refractivity contribution < 1.29 is 28.5 Å². The first-order valence-corrected chi connectivity index (χ1v) is 16.8. The Bertz CT molecular complexity index is 2160. The van der Waals surface area contributed by atoms with Crippen LogP contribution in [0.25, 0.3) is 12.2 Å². The van der Waals surface area contributed by atoms with Crippen LogP contribution in [0.2, 0.25) is 0 Å². The van der Waals surface area contributed by atoms with Crippen LogP contribution in [0.4, 0.5) is 21.9 Å². The lowest BCUT2D eigenvalue weighted by molar-refractivity contribution is -0.131. The summed E-state index contributed by atoms with van der Waals surface area (Å²) in [6.07, 6.45) is 3.31. The van der Waals surface area contributed by atoms with Crippen molar-refractivity contribution in [1.29, 1.82) is 0 Å². The minimum Gasteiger partial charge on any atom is -0.497 e. The summed E-state index contributed by atoms with van der Waals surface area (Å²) in [4.78, 5) is 26.3. The Morgan fingerprint density at radius 3 is 1.58 bits per heavy atom. The molecule has 0 N–H and O–H groups in total. The number of methoxy groups -OCH3 is 1. The summed E-state index contributed by atoms with van der Waals surface area (Å²) >= 11 is 0. The molecule has 0 aliphatic heterocycles. The summed E-state index contributed by atoms with van der Waals surface area (Å²) in [5.41, 5.74) is 6.44. The fourth-order valence-electron chi connectivity index (χ4n) is 5.80. The summed E-state index contributed by atoms with van der Waals surface area (Å²) in [6.45, 7) is 5.56. The predicted octanol–water partition coefficient (Wildman–Crippen LogP) is 11.2. The van der Waals surface area contributed by atoms with Crippen LogP contribution in [0.5, 0.6) is 23.0 Å². The predicted molar refractivity (Wildman–Crippen MR) is 206 cm³/mol. The van der Waals surface area contributed by atoms with Crippen molar-refractivity contribution in [2.45, 2.75) is 26.2 Å². The Kier molecular flexibility index (Phi) is 10.8. The van der Waals surface area contributed by atoms with Gasteiger partial charge in [-0.05, 0) is 82.9 Å². The highest BCUT2D eigenvalue weighted by atomic mass is 16.7. The van der Waals surface area contributed by atoms with Crippen molar-refractivity contribution in [1.82, 2.24) is 0 Å². The maximum Gasteiger partial charge on any atom is 0.519 e. The molecule has 0 saturated heterocycles. The Morgan fingerprint density at radius 1 is 0.519 bits per heavy atom. The first-order valence-electron chi connectivity index (χ1n) is 16.8. The molecule has 7 heteroatoms. The molecule has 0 aliphatic rings. The molecule has 6 aromatic carbocycles. The molecule has 0 radical (unpaired) electrons. The molecule has 0 amide bonds. The van der Waals surface area contributed by atoms with Crippen molar-refractivity contribution in [3.63, 3.8) is 0 Å². The van der Waals surface area contributed by atoms with Gasteiger partial charge in [-0.1, -0.05) is 105 Å². The van der Waals surface area contributed by atoms with E-state index in [9.17, 15) is 9.59 Å². The second kappa shape index (κ2) is 16.0. The number of carbonyl (C=O) groups excluding carboxylic acids is 2. The van der Waals surface area contributed by atoms with Crippen molar-refractivity contribution in [2.75, 3.05) is 12.0 Å². The molecule has 0 saturated carbocycles. The van der Waals surface area contributed by atoms with Gasteiger partial charge in [0.2, 0.25) is 0 Å². The molecule has 0 heterocycles. The average molecular weight is 690 g/mol. The van der Waals surface area contributed by atoms with E-state index in [4.69, 9.17) is 18.9 Å². The van der Waals surface area contributed by atoms with Crippen molar-refractivity contribution >= 4 is 41.3 Å². The number of esters is 1. The van der Waals surface area contributed by atoms with Gasteiger partial charge in [-0.25, -0.2) is 4.79 Å². The van der Waals surface area contributed by atoms with Crippen LogP contribution in [0.3, 0.4) is 0 Å². The van der Waals surface area contributed by atoms with Crippen LogP contribution >= 0.6 is 0 Å². The molecule has 0 fully saturated rings. The molecule has 0 aliphatic carbocycles. The highest BCUT2D eigenvalue weighted by Crippen LogP contribution is 2.38. The molecule has 52 heavy (non-hydrogen) atoms. The van der Waals surface area contributed by atoms with E-state index in [0.717, 1.165) is 39.3 Å². The Balaban J connectivity index is 1.17. The maximum absolute atomic E-state index is 13.0. The highest BCUT2D eigenvalue weighted by Gasteiger charge is 2.24. The number of rotatable bonds is 11. The molecule has 260 valence electrons. The fourth-order valence-corrected chi connectivity index (χ4v) is 5.80. The second-order valence-corrected chi connectivity index (χ2v) is 12.6. The lowest BCUT2D eigenvalue weighted by Crippen LogP contribution is -2.19. The minimum atomic E-state index is -0.854. The first-order chi connectivity index (χ1) is 25.2. The Morgan fingerprint density at radius 2 is 1.02 bits per heavy atom. The van der Waals surface area contributed by atoms with Crippen LogP contribution in [0, 0.1) is 0 Å². The number of benzene rings is 6. The number of nitrogens with zero attached hydrogens (tertiary/aromatic N) is 1. The molecular formula is C45H39NO6. The maximum atomic E-state index is 13.0. The van der Waals surface area contributed by atoms with Gasteiger partial charge in [0, 0.05) is 41.5 Å². The Hall–Kier alpha value is -6.60. The fraction of sp³-hybridized carbons (Fsp3) is 0.111. The van der Waals surface area contributed by atoms with E-state index in [2.05, 4.69) is 67.3 Å². The monoisotopic (exact) mass is 689 g/mol. The molecule has 7 nitrogen and oxygen atoms in total. The second-order valence-electron chi connectivity index (χ2n) is 12.6. The quantitative estimate of drug-likeness (QED) is 0.0580. The SMILES string of the molecule is COc1cccc(N(c2ccc(C=Cc3ccccc3)cc2)c2cccc(OC(=O)Oc3ccc(C(C)(C)c4ccc(OC(C)=O)cc4)cc3)c2)c1. The molecule has 0 spiro atoms. The van der Waals surface area contributed by atoms with Crippen LogP contribution in [0.15, 0.2) is 152 Å². The van der Waals surface area contributed by atoms with Gasteiger partial charge in [-0.15, -0.1) is 0 Å². The van der Waals surface area contributed by atoms with Crippen LogP contribution < -0.4 is 23.8 Å². The van der Waals surface area contributed by atoms with Gasteiger partial charge in [0.15, 0.2) is 0 Å². The van der Waals surface area contributed by atoms with Gasteiger partial charge in [0.05, 0.1) is 7.11 Å². The molecule has 6 aromatic rings. The number of carbonyl (C=O) groups is 2. The number of hydrogen-bond acceptors (Lipinski definition) is 7. The average Bonchev–Trinajstić information content (AvgIpc) is 3.15. The normalized spacial score (nSPS) is 11.2. The third-order valence-corrected chi connectivity index (χ3v) is 8.62. The van der Waals surface area contributed by atoms with Crippen molar-refractivity contribution in [3.05, 3.63) is 174 Å². The lowest BCUT2D eigenvalue weighted by atomic mass is 9.78. The Labute approximate surface area is 304 Å². The molecule has 0 atom stereocenters. The topological polar surface area (TPSA) is 74.3 Å². The molecule has 0 unspecified atom stereocenters. The van der Waals surface area contributed by atoms with E-state index in [-0.39, 0.29) is 11.4 Å². The highest BCUT2D eigenvalue weighted by molar-refractivity contribution is 5.80. The van der Waals surface area contributed by atoms with E-state index >= 15 is 0 Å². The van der Waals surface area contributed by atoms with Crippen LogP contribution in [-0.2, 0) is 10.2 Å². The summed E-state index contributed by atoms with van der Waals surface area (Å²) in [6, 6.07) is 48.2. The van der Waals surface area contributed by atoms with Crippen LogP contribution in [-0.4, -0.2) is 19.2 Å². The zero-order valence-electron chi connectivity index (χ0n) is 29.5. The molecular weight excluding hydrogens is 650 g/mol. The number of anilines is 3. The van der Waals surface area contributed by atoms with E-state index in [1.165, 1.54) is 6.92 Å². The summed E-state index contributed by atoms with van der Waals surface area (Å²) < 4.78 is 21.9.